The highest BCUT2D eigenvalue weighted by molar-refractivity contribution is 8.18. The molecule has 104 valence electrons. The molecule has 0 saturated heterocycles. The van der Waals surface area contributed by atoms with Crippen molar-refractivity contribution in [1.82, 2.24) is 0 Å². The van der Waals surface area contributed by atoms with Crippen LogP contribution in [0.15, 0.2) is 34.2 Å². The van der Waals surface area contributed by atoms with Crippen LogP contribution < -0.4 is 10.5 Å². The molecular formula is C13H12N2O4S. The summed E-state index contributed by atoms with van der Waals surface area (Å²) in [6.45, 7) is 1.45. The first-order valence-corrected chi connectivity index (χ1v) is 6.55. The number of benzene rings is 1. The number of nitrogens with two attached hydrogens (primary N) is 1. The average molecular weight is 292 g/mol. The summed E-state index contributed by atoms with van der Waals surface area (Å²) >= 11 is 1.12. The number of rotatable bonds is 4. The van der Waals surface area contributed by atoms with Crippen LogP contribution >= 0.6 is 11.8 Å². The van der Waals surface area contributed by atoms with Crippen molar-refractivity contribution >= 4 is 34.9 Å². The third-order valence-electron chi connectivity index (χ3n) is 2.48. The van der Waals surface area contributed by atoms with Crippen LogP contribution in [0.5, 0.6) is 5.75 Å². The molecule has 0 fully saturated rings. The van der Waals surface area contributed by atoms with Crippen LogP contribution in [0, 0.1) is 0 Å². The summed E-state index contributed by atoms with van der Waals surface area (Å²) in [7, 11) is 0. The number of nitrogens with zero attached hydrogens (tertiary/aromatic N) is 1. The normalized spacial score (nSPS) is 17.9. The lowest BCUT2D eigenvalue weighted by Crippen LogP contribution is -2.22. The predicted octanol–water partition coefficient (Wildman–Crippen LogP) is 1.47. The van der Waals surface area contributed by atoms with Crippen LogP contribution in [-0.2, 0) is 9.59 Å². The van der Waals surface area contributed by atoms with Gasteiger partial charge in [0.05, 0.1) is 4.91 Å². The highest BCUT2D eigenvalue weighted by Gasteiger charge is 2.19. The summed E-state index contributed by atoms with van der Waals surface area (Å²) < 4.78 is 5.20. The fourth-order valence-corrected chi connectivity index (χ4v) is 2.16. The largest absolute Gasteiger partial charge is 0.479 e. The molecule has 1 atom stereocenters. The van der Waals surface area contributed by atoms with Gasteiger partial charge in [-0.05, 0) is 42.5 Å². The van der Waals surface area contributed by atoms with E-state index >= 15 is 0 Å². The molecule has 1 aliphatic heterocycles. The molecule has 0 spiro atoms. The summed E-state index contributed by atoms with van der Waals surface area (Å²) in [5.41, 5.74) is 6.23. The average Bonchev–Trinajstić information content (AvgIpc) is 2.70. The first-order valence-electron chi connectivity index (χ1n) is 5.73. The Morgan fingerprint density at radius 1 is 1.45 bits per heavy atom. The van der Waals surface area contributed by atoms with Gasteiger partial charge in [0.2, 0.25) is 0 Å². The van der Waals surface area contributed by atoms with E-state index in [0.29, 0.717) is 10.7 Å². The lowest BCUT2D eigenvalue weighted by molar-refractivity contribution is -0.144. The second-order valence-corrected chi connectivity index (χ2v) is 5.10. The van der Waals surface area contributed by atoms with Crippen molar-refractivity contribution in [2.45, 2.75) is 13.0 Å². The zero-order chi connectivity index (χ0) is 14.7. The Labute approximate surface area is 119 Å². The molecule has 2 rings (SSSR count). The summed E-state index contributed by atoms with van der Waals surface area (Å²) in [6.07, 6.45) is 0.750. The van der Waals surface area contributed by atoms with Crippen molar-refractivity contribution < 1.29 is 19.4 Å². The maximum atomic E-state index is 11.4. The minimum absolute atomic E-state index is 0.233. The number of carbonyl (C=O) groups is 2. The molecule has 3 N–H and O–H groups in total. The molecule has 1 amide bonds. The van der Waals surface area contributed by atoms with E-state index in [1.807, 2.05) is 0 Å². The number of carboxylic acids is 1. The van der Waals surface area contributed by atoms with E-state index in [9.17, 15) is 9.59 Å². The fraction of sp³-hybridized carbons (Fsp3) is 0.154. The van der Waals surface area contributed by atoms with Crippen LogP contribution in [-0.4, -0.2) is 28.3 Å². The van der Waals surface area contributed by atoms with E-state index in [2.05, 4.69) is 4.99 Å². The van der Waals surface area contributed by atoms with Gasteiger partial charge in [-0.3, -0.25) is 4.79 Å². The van der Waals surface area contributed by atoms with E-state index < -0.39 is 12.1 Å². The fourth-order valence-electron chi connectivity index (χ4n) is 1.47. The maximum Gasteiger partial charge on any atom is 0.344 e. The van der Waals surface area contributed by atoms with Crippen LogP contribution in [0.1, 0.15) is 12.5 Å². The number of aliphatic carboxylic acids is 1. The van der Waals surface area contributed by atoms with Gasteiger partial charge >= 0.3 is 5.97 Å². The first-order chi connectivity index (χ1) is 9.45. The van der Waals surface area contributed by atoms with Gasteiger partial charge in [0.1, 0.15) is 5.75 Å². The van der Waals surface area contributed by atoms with E-state index in [1.54, 1.807) is 30.3 Å². The topological polar surface area (TPSA) is 102 Å². The van der Waals surface area contributed by atoms with Crippen molar-refractivity contribution in [2.75, 3.05) is 0 Å². The molecule has 6 nitrogen and oxygen atoms in total. The van der Waals surface area contributed by atoms with Crippen molar-refractivity contribution in [3.8, 4) is 5.75 Å². The third-order valence-corrected chi connectivity index (χ3v) is 3.29. The Hall–Kier alpha value is -2.28. The second kappa shape index (κ2) is 5.79. The zero-order valence-electron chi connectivity index (χ0n) is 10.6. The number of hydrogen-bond donors (Lipinski definition) is 2. The summed E-state index contributed by atoms with van der Waals surface area (Å²) in [4.78, 5) is 26.2. The van der Waals surface area contributed by atoms with Gasteiger partial charge in [-0.2, -0.15) is 4.99 Å². The SMILES string of the molecule is C[C@H](Oc1ccc(/C=C2/SC(N)=NC2=O)cc1)C(=O)O. The van der Waals surface area contributed by atoms with Crippen LogP contribution in [0.2, 0.25) is 0 Å². The van der Waals surface area contributed by atoms with Crippen LogP contribution in [0.3, 0.4) is 0 Å². The summed E-state index contributed by atoms with van der Waals surface area (Å²) in [5.74, 6) is -0.938. The summed E-state index contributed by atoms with van der Waals surface area (Å²) in [6, 6.07) is 6.72. The lowest BCUT2D eigenvalue weighted by atomic mass is 10.2. The highest BCUT2D eigenvalue weighted by atomic mass is 32.2. The number of thioether (sulfide) groups is 1. The van der Waals surface area contributed by atoms with Gasteiger partial charge < -0.3 is 15.6 Å². The molecule has 1 heterocycles. The van der Waals surface area contributed by atoms with Gasteiger partial charge in [-0.25, -0.2) is 4.79 Å². The van der Waals surface area contributed by atoms with E-state index in [-0.39, 0.29) is 11.1 Å². The molecule has 1 aliphatic rings. The molecule has 0 unspecified atom stereocenters. The number of ether oxygens (including phenoxy) is 1. The second-order valence-electron chi connectivity index (χ2n) is 4.03. The van der Waals surface area contributed by atoms with E-state index in [4.69, 9.17) is 15.6 Å². The molecule has 1 aromatic rings. The number of carboxylic acid groups (broad SMARTS) is 1. The van der Waals surface area contributed by atoms with Crippen LogP contribution in [0.4, 0.5) is 0 Å². The standard InChI is InChI=1S/C13H12N2O4S/c1-7(12(17)18)19-9-4-2-8(3-5-9)6-10-11(16)15-13(14)20-10/h2-7H,1H3,(H,17,18)(H2,14,15,16)/b10-6+/t7-/m0/s1. The Kier molecular flexibility index (Phi) is 4.09. The minimum Gasteiger partial charge on any atom is -0.479 e. The number of aliphatic imine (C=N–C) groups is 1. The smallest absolute Gasteiger partial charge is 0.344 e. The highest BCUT2D eigenvalue weighted by Crippen LogP contribution is 2.26. The van der Waals surface area contributed by atoms with Gasteiger partial charge in [-0.1, -0.05) is 12.1 Å². The molecule has 7 heteroatoms. The van der Waals surface area contributed by atoms with E-state index in [0.717, 1.165) is 17.3 Å². The maximum absolute atomic E-state index is 11.4. The Balaban J connectivity index is 2.08. The molecular weight excluding hydrogens is 280 g/mol. The third kappa shape index (κ3) is 3.39. The van der Waals surface area contributed by atoms with Crippen molar-refractivity contribution in [3.63, 3.8) is 0 Å². The van der Waals surface area contributed by atoms with Gasteiger partial charge in [0.15, 0.2) is 11.3 Å². The number of carbonyl (C=O) groups excluding carboxylic acids is 1. The van der Waals surface area contributed by atoms with Gasteiger partial charge in [0.25, 0.3) is 5.91 Å². The number of hydrogen-bond acceptors (Lipinski definition) is 5. The van der Waals surface area contributed by atoms with Gasteiger partial charge in [0, 0.05) is 0 Å². The lowest BCUT2D eigenvalue weighted by Gasteiger charge is -2.10. The molecule has 0 saturated carbocycles. The Morgan fingerprint density at radius 2 is 2.10 bits per heavy atom. The van der Waals surface area contributed by atoms with Crippen molar-refractivity contribution in [2.24, 2.45) is 10.7 Å². The minimum atomic E-state index is -1.03. The molecule has 0 radical (unpaired) electrons. The quantitative estimate of drug-likeness (QED) is 0.815. The predicted molar refractivity (Wildman–Crippen MR) is 76.4 cm³/mol. The molecule has 1 aromatic carbocycles. The molecule has 0 aliphatic carbocycles. The van der Waals surface area contributed by atoms with Crippen molar-refractivity contribution in [1.29, 1.82) is 0 Å². The molecule has 0 bridgehead atoms. The van der Waals surface area contributed by atoms with Crippen molar-refractivity contribution in [3.05, 3.63) is 34.7 Å². The first kappa shape index (κ1) is 14.1. The van der Waals surface area contributed by atoms with Crippen LogP contribution in [0.25, 0.3) is 6.08 Å². The Bertz CT molecular complexity index is 607. The van der Waals surface area contributed by atoms with Gasteiger partial charge in [-0.15, -0.1) is 0 Å². The molecule has 0 aromatic heterocycles. The summed E-state index contributed by atoms with van der Waals surface area (Å²) in [5, 5.41) is 8.98. The Morgan fingerprint density at radius 3 is 2.60 bits per heavy atom. The number of amides is 1. The zero-order valence-corrected chi connectivity index (χ0v) is 11.4. The monoisotopic (exact) mass is 292 g/mol. The molecule has 20 heavy (non-hydrogen) atoms. The number of amidine groups is 1. The van der Waals surface area contributed by atoms with E-state index in [1.165, 1.54) is 6.92 Å².